The fraction of sp³-hybridized carbons (Fsp3) is 0.300. The predicted octanol–water partition coefficient (Wildman–Crippen LogP) is 3.04. The van der Waals surface area contributed by atoms with Crippen LogP contribution in [0.2, 0.25) is 0 Å². The molecule has 148 valence electrons. The molecular formula is C20H22N2O6. The van der Waals surface area contributed by atoms with Crippen molar-refractivity contribution < 1.29 is 28.5 Å². The van der Waals surface area contributed by atoms with Crippen LogP contribution in [0.15, 0.2) is 36.4 Å². The summed E-state index contributed by atoms with van der Waals surface area (Å²) >= 11 is 0. The highest BCUT2D eigenvalue weighted by Gasteiger charge is 2.36. The van der Waals surface area contributed by atoms with Crippen molar-refractivity contribution in [2.75, 3.05) is 31.6 Å². The average Bonchev–Trinajstić information content (AvgIpc) is 3.15. The maximum atomic E-state index is 12.8. The first-order chi connectivity index (χ1) is 13.3. The molecule has 1 aliphatic heterocycles. The third kappa shape index (κ3) is 3.80. The summed E-state index contributed by atoms with van der Waals surface area (Å²) in [5.41, 5.74) is -0.393. The summed E-state index contributed by atoms with van der Waals surface area (Å²) in [6, 6.07) is 10.0. The Morgan fingerprint density at radius 3 is 2.36 bits per heavy atom. The molecule has 0 saturated heterocycles. The number of ether oxygens (including phenoxy) is 4. The number of carbonyl (C=O) groups is 2. The van der Waals surface area contributed by atoms with Crippen molar-refractivity contribution in [1.82, 2.24) is 0 Å². The van der Waals surface area contributed by atoms with Crippen molar-refractivity contribution in [2.45, 2.75) is 13.8 Å². The van der Waals surface area contributed by atoms with Gasteiger partial charge in [-0.25, -0.2) is 0 Å². The van der Waals surface area contributed by atoms with E-state index in [1.807, 2.05) is 0 Å². The number of nitrogens with one attached hydrogen (secondary N) is 2. The first-order valence-electron chi connectivity index (χ1n) is 8.59. The number of anilines is 2. The molecule has 2 N–H and O–H groups in total. The second-order valence-electron chi connectivity index (χ2n) is 6.67. The monoisotopic (exact) mass is 386 g/mol. The molecule has 8 heteroatoms. The minimum absolute atomic E-state index is 0.143. The number of fused-ring (bicyclic) bond motifs is 1. The van der Waals surface area contributed by atoms with Crippen LogP contribution in [0.4, 0.5) is 11.4 Å². The number of carbonyl (C=O) groups excluding carboxylic acids is 2. The molecule has 0 aliphatic carbocycles. The summed E-state index contributed by atoms with van der Waals surface area (Å²) in [6.07, 6.45) is 0. The Morgan fingerprint density at radius 1 is 0.929 bits per heavy atom. The molecule has 0 bridgehead atoms. The highest BCUT2D eigenvalue weighted by molar-refractivity contribution is 6.14. The predicted molar refractivity (Wildman–Crippen MR) is 103 cm³/mol. The third-order valence-corrected chi connectivity index (χ3v) is 4.42. The molecule has 8 nitrogen and oxygen atoms in total. The van der Waals surface area contributed by atoms with Gasteiger partial charge in [0.2, 0.25) is 18.6 Å². The molecule has 0 unspecified atom stereocenters. The first-order valence-corrected chi connectivity index (χ1v) is 8.59. The van der Waals surface area contributed by atoms with Crippen LogP contribution in [-0.4, -0.2) is 32.8 Å². The van der Waals surface area contributed by atoms with E-state index in [0.29, 0.717) is 34.4 Å². The van der Waals surface area contributed by atoms with Crippen molar-refractivity contribution in [3.8, 4) is 23.0 Å². The molecule has 28 heavy (non-hydrogen) atoms. The SMILES string of the molecule is COc1ccc(NC(=O)C(C)(C)C(=O)Nc2ccc3c(c2)OCO3)c(OC)c1. The smallest absolute Gasteiger partial charge is 0.239 e. The number of methoxy groups -OCH3 is 2. The Balaban J connectivity index is 1.72. The van der Waals surface area contributed by atoms with Crippen molar-refractivity contribution in [3.63, 3.8) is 0 Å². The Morgan fingerprint density at radius 2 is 1.64 bits per heavy atom. The lowest BCUT2D eigenvalue weighted by molar-refractivity contribution is -0.135. The van der Waals surface area contributed by atoms with Crippen molar-refractivity contribution in [3.05, 3.63) is 36.4 Å². The van der Waals surface area contributed by atoms with Crippen LogP contribution in [0.5, 0.6) is 23.0 Å². The number of amides is 2. The average molecular weight is 386 g/mol. The molecule has 1 aliphatic rings. The lowest BCUT2D eigenvalue weighted by Gasteiger charge is -2.23. The zero-order chi connectivity index (χ0) is 20.3. The van der Waals surface area contributed by atoms with E-state index >= 15 is 0 Å². The van der Waals surface area contributed by atoms with Crippen LogP contribution in [0.1, 0.15) is 13.8 Å². The highest BCUT2D eigenvalue weighted by atomic mass is 16.7. The molecular weight excluding hydrogens is 364 g/mol. The minimum atomic E-state index is -1.35. The molecule has 2 amide bonds. The quantitative estimate of drug-likeness (QED) is 0.741. The van der Waals surface area contributed by atoms with Crippen molar-refractivity contribution in [1.29, 1.82) is 0 Å². The van der Waals surface area contributed by atoms with Crippen LogP contribution in [0, 0.1) is 5.41 Å². The van der Waals surface area contributed by atoms with Gasteiger partial charge in [0.25, 0.3) is 0 Å². The van der Waals surface area contributed by atoms with Gasteiger partial charge >= 0.3 is 0 Å². The van der Waals surface area contributed by atoms with Gasteiger partial charge in [0.1, 0.15) is 16.9 Å². The van der Waals surface area contributed by atoms with Gasteiger partial charge in [0, 0.05) is 17.8 Å². The lowest BCUT2D eigenvalue weighted by Crippen LogP contribution is -2.41. The topological polar surface area (TPSA) is 95.1 Å². The molecule has 0 spiro atoms. The maximum Gasteiger partial charge on any atom is 0.239 e. The highest BCUT2D eigenvalue weighted by Crippen LogP contribution is 2.35. The lowest BCUT2D eigenvalue weighted by atomic mass is 9.90. The van der Waals surface area contributed by atoms with Crippen LogP contribution in [0.25, 0.3) is 0 Å². The zero-order valence-electron chi connectivity index (χ0n) is 16.1. The second-order valence-corrected chi connectivity index (χ2v) is 6.67. The van der Waals surface area contributed by atoms with Crippen LogP contribution >= 0.6 is 0 Å². The molecule has 2 aromatic carbocycles. The summed E-state index contributed by atoms with van der Waals surface area (Å²) in [5.74, 6) is 1.24. The molecule has 0 atom stereocenters. The third-order valence-electron chi connectivity index (χ3n) is 4.42. The first kappa shape index (κ1) is 19.3. The standard InChI is InChI=1S/C20H22N2O6/c1-20(2,18(23)21-12-5-8-15-17(9-12)28-11-27-15)19(24)22-14-7-6-13(25-3)10-16(14)26-4/h5-10H,11H2,1-4H3,(H,21,23)(H,22,24). The van der Waals surface area contributed by atoms with Crippen LogP contribution in [-0.2, 0) is 9.59 Å². The Bertz CT molecular complexity index is 910. The van der Waals surface area contributed by atoms with Gasteiger partial charge in [-0.2, -0.15) is 0 Å². The molecule has 3 rings (SSSR count). The van der Waals surface area contributed by atoms with Crippen LogP contribution < -0.4 is 29.6 Å². The number of benzene rings is 2. The summed E-state index contributed by atoms with van der Waals surface area (Å²) in [6.45, 7) is 3.23. The van der Waals surface area contributed by atoms with E-state index in [9.17, 15) is 9.59 Å². The van der Waals surface area contributed by atoms with Gasteiger partial charge in [-0.15, -0.1) is 0 Å². The molecule has 0 fully saturated rings. The molecule has 1 heterocycles. The van der Waals surface area contributed by atoms with E-state index in [0.717, 1.165) is 0 Å². The summed E-state index contributed by atoms with van der Waals surface area (Å²) in [4.78, 5) is 25.5. The maximum absolute atomic E-state index is 12.8. The van der Waals surface area contributed by atoms with E-state index in [4.69, 9.17) is 18.9 Å². The van der Waals surface area contributed by atoms with E-state index < -0.39 is 17.2 Å². The number of rotatable bonds is 6. The molecule has 0 radical (unpaired) electrons. The Labute approximate surface area is 162 Å². The van der Waals surface area contributed by atoms with E-state index in [2.05, 4.69) is 10.6 Å². The molecule has 0 aromatic heterocycles. The Kier molecular flexibility index (Phi) is 5.30. The summed E-state index contributed by atoms with van der Waals surface area (Å²) in [7, 11) is 3.03. The largest absolute Gasteiger partial charge is 0.497 e. The van der Waals surface area contributed by atoms with Gasteiger partial charge in [-0.05, 0) is 38.1 Å². The minimum Gasteiger partial charge on any atom is -0.497 e. The number of hydrogen-bond donors (Lipinski definition) is 2. The van der Waals surface area contributed by atoms with Gasteiger partial charge in [0.15, 0.2) is 11.5 Å². The second kappa shape index (κ2) is 7.67. The van der Waals surface area contributed by atoms with Gasteiger partial charge in [-0.1, -0.05) is 0 Å². The van der Waals surface area contributed by atoms with Gasteiger partial charge in [0.05, 0.1) is 19.9 Å². The van der Waals surface area contributed by atoms with Crippen LogP contribution in [0.3, 0.4) is 0 Å². The van der Waals surface area contributed by atoms with Crippen molar-refractivity contribution in [2.24, 2.45) is 5.41 Å². The zero-order valence-corrected chi connectivity index (χ0v) is 16.1. The fourth-order valence-corrected chi connectivity index (χ4v) is 2.55. The summed E-state index contributed by atoms with van der Waals surface area (Å²) < 4.78 is 21.0. The fourth-order valence-electron chi connectivity index (χ4n) is 2.55. The van der Waals surface area contributed by atoms with Gasteiger partial charge < -0.3 is 29.6 Å². The van der Waals surface area contributed by atoms with Crippen molar-refractivity contribution >= 4 is 23.2 Å². The molecule has 0 saturated carbocycles. The van der Waals surface area contributed by atoms with Gasteiger partial charge in [-0.3, -0.25) is 9.59 Å². The Hall–Kier alpha value is -3.42. The molecule has 2 aromatic rings. The van der Waals surface area contributed by atoms with E-state index in [1.54, 1.807) is 50.2 Å². The van der Waals surface area contributed by atoms with E-state index in [1.165, 1.54) is 14.2 Å². The summed E-state index contributed by atoms with van der Waals surface area (Å²) in [5, 5.41) is 5.48. The normalized spacial score (nSPS) is 12.3. The van der Waals surface area contributed by atoms with E-state index in [-0.39, 0.29) is 6.79 Å². The number of hydrogen-bond acceptors (Lipinski definition) is 6.